The summed E-state index contributed by atoms with van der Waals surface area (Å²) >= 11 is 0. The molecule has 0 radical (unpaired) electrons. The number of carbonyl (C=O) groups is 1. The van der Waals surface area contributed by atoms with E-state index in [1.807, 2.05) is 50.3 Å². The number of rotatable bonds is 9. The molecule has 1 spiro atoms. The van der Waals surface area contributed by atoms with E-state index < -0.39 is 52.4 Å². The van der Waals surface area contributed by atoms with Gasteiger partial charge in [-0.05, 0) is 47.7 Å². The van der Waals surface area contributed by atoms with Crippen LogP contribution < -0.4 is 0 Å². The second-order valence-corrected chi connectivity index (χ2v) is 23.4. The SMILES string of the molecule is CC(C)[Si]1(C(C)C)O[C@@H]2C[C@@]3(COCc4ccccc4)C(C=O)=CC4(COC(C)(C)O4)[C@H](O2)[C@H]3O[Si](C(C)C)(C(C)C)O1. The van der Waals surface area contributed by atoms with Crippen molar-refractivity contribution in [2.24, 2.45) is 5.41 Å². The molecular formula is C33H52O8Si2. The van der Waals surface area contributed by atoms with Crippen LogP contribution >= 0.6 is 0 Å². The molecule has 4 bridgehead atoms. The van der Waals surface area contributed by atoms with Gasteiger partial charge >= 0.3 is 17.1 Å². The number of hydrogen-bond donors (Lipinski definition) is 0. The van der Waals surface area contributed by atoms with Gasteiger partial charge in [0.1, 0.15) is 18.0 Å². The van der Waals surface area contributed by atoms with E-state index in [0.29, 0.717) is 18.6 Å². The Labute approximate surface area is 260 Å². The summed E-state index contributed by atoms with van der Waals surface area (Å²) in [5.41, 5.74) is 0.326. The largest absolute Gasteiger partial charge is 0.414 e. The summed E-state index contributed by atoms with van der Waals surface area (Å²) in [5.74, 6) is -0.855. The Balaban J connectivity index is 1.71. The number of benzene rings is 1. The zero-order chi connectivity index (χ0) is 31.4. The lowest BCUT2D eigenvalue weighted by molar-refractivity contribution is -0.285. The lowest BCUT2D eigenvalue weighted by Gasteiger charge is -2.58. The van der Waals surface area contributed by atoms with Gasteiger partial charge in [0, 0.05) is 12.0 Å². The Morgan fingerprint density at radius 3 is 2.05 bits per heavy atom. The van der Waals surface area contributed by atoms with Crippen molar-refractivity contribution in [3.8, 4) is 0 Å². The lowest BCUT2D eigenvalue weighted by Crippen LogP contribution is -2.70. The molecule has 4 heterocycles. The number of aldehydes is 1. The highest BCUT2D eigenvalue weighted by molar-refractivity contribution is 6.84. The van der Waals surface area contributed by atoms with Crippen LogP contribution in [0.1, 0.15) is 81.2 Å². The molecule has 0 N–H and O–H groups in total. The molecule has 4 saturated heterocycles. The summed E-state index contributed by atoms with van der Waals surface area (Å²) in [5, 5.41) is 0. The molecule has 8 nitrogen and oxygen atoms in total. The fraction of sp³-hybridized carbons (Fsp3) is 0.727. The number of ether oxygens (including phenoxy) is 4. The van der Waals surface area contributed by atoms with Crippen LogP contribution in [0.2, 0.25) is 22.2 Å². The van der Waals surface area contributed by atoms with Crippen molar-refractivity contribution < 1.29 is 36.7 Å². The summed E-state index contributed by atoms with van der Waals surface area (Å²) < 4.78 is 48.7. The minimum absolute atomic E-state index is 0.109. The third-order valence-corrected chi connectivity index (χ3v) is 20.2. The molecule has 5 aliphatic rings. The van der Waals surface area contributed by atoms with Crippen molar-refractivity contribution in [1.29, 1.82) is 0 Å². The van der Waals surface area contributed by atoms with Crippen LogP contribution in [0, 0.1) is 5.41 Å². The zero-order valence-electron chi connectivity index (χ0n) is 27.7. The molecule has 10 heteroatoms. The van der Waals surface area contributed by atoms with Crippen LogP contribution in [0.5, 0.6) is 0 Å². The van der Waals surface area contributed by atoms with Gasteiger partial charge in [-0.2, -0.15) is 0 Å². The van der Waals surface area contributed by atoms with Gasteiger partial charge in [-0.25, -0.2) is 0 Å². The van der Waals surface area contributed by atoms with E-state index in [0.717, 1.165) is 11.8 Å². The van der Waals surface area contributed by atoms with Gasteiger partial charge in [0.2, 0.25) is 0 Å². The lowest BCUT2D eigenvalue weighted by atomic mass is 9.62. The first-order valence-corrected chi connectivity index (χ1v) is 19.9. The fourth-order valence-corrected chi connectivity index (χ4v) is 18.9. The molecule has 5 atom stereocenters. The molecule has 240 valence electrons. The van der Waals surface area contributed by atoms with E-state index >= 15 is 0 Å². The molecule has 0 saturated carbocycles. The molecule has 0 aromatic heterocycles. The Morgan fingerprint density at radius 1 is 0.907 bits per heavy atom. The molecule has 6 rings (SSSR count). The first kappa shape index (κ1) is 33.2. The van der Waals surface area contributed by atoms with Crippen molar-refractivity contribution in [2.45, 2.75) is 134 Å². The van der Waals surface area contributed by atoms with Gasteiger partial charge in [-0.1, -0.05) is 85.7 Å². The Bertz CT molecular complexity index is 1170. The van der Waals surface area contributed by atoms with Gasteiger partial charge in [0.15, 0.2) is 12.1 Å². The maximum absolute atomic E-state index is 13.2. The van der Waals surface area contributed by atoms with Gasteiger partial charge in [0.25, 0.3) is 0 Å². The third kappa shape index (κ3) is 5.59. The van der Waals surface area contributed by atoms with Crippen LogP contribution in [-0.4, -0.2) is 66.5 Å². The molecule has 0 amide bonds. The van der Waals surface area contributed by atoms with E-state index in [9.17, 15) is 4.79 Å². The molecule has 1 aliphatic carbocycles. The molecule has 1 aromatic rings. The monoisotopic (exact) mass is 632 g/mol. The summed E-state index contributed by atoms with van der Waals surface area (Å²) in [6.07, 6.45) is 1.54. The summed E-state index contributed by atoms with van der Waals surface area (Å²) in [7, 11) is -6.03. The number of carbonyl (C=O) groups excluding carboxylic acids is 1. The molecule has 4 aliphatic heterocycles. The van der Waals surface area contributed by atoms with E-state index in [1.54, 1.807) is 0 Å². The maximum atomic E-state index is 13.2. The van der Waals surface area contributed by atoms with Gasteiger partial charge < -0.3 is 31.9 Å². The standard InChI is InChI=1S/C33H52O8Si2/c1-22(2)42(23(3)4)38-28-17-32(20-35-19-26-14-12-11-13-15-26)27(18-34)16-33(21-36-31(9,10)40-33)30(37-28)29(32)39-43(41-42,24(5)6)25(7)8/h11-16,18,22-25,28-30H,17,19-21H2,1-10H3/t28-,29-,30-,32-,33?/m1/s1. The highest BCUT2D eigenvalue weighted by Crippen LogP contribution is 2.59. The first-order chi connectivity index (χ1) is 20.2. The van der Waals surface area contributed by atoms with Crippen molar-refractivity contribution in [2.75, 3.05) is 13.2 Å². The van der Waals surface area contributed by atoms with E-state index in [4.69, 9.17) is 31.9 Å². The van der Waals surface area contributed by atoms with E-state index in [-0.39, 0.29) is 35.4 Å². The average Bonchev–Trinajstić information content (AvgIpc) is 3.30. The Hall–Kier alpha value is -1.22. The van der Waals surface area contributed by atoms with Gasteiger partial charge in [-0.3, -0.25) is 4.79 Å². The molecule has 1 aromatic carbocycles. The Morgan fingerprint density at radius 2 is 1.51 bits per heavy atom. The molecule has 4 fully saturated rings. The minimum Gasteiger partial charge on any atom is -0.414 e. The summed E-state index contributed by atoms with van der Waals surface area (Å²) in [6.45, 7) is 22.3. The second-order valence-electron chi connectivity index (χ2n) is 14.6. The van der Waals surface area contributed by atoms with Gasteiger partial charge in [0.05, 0.1) is 31.3 Å². The topological polar surface area (TPSA) is 81.7 Å². The van der Waals surface area contributed by atoms with Crippen molar-refractivity contribution in [3.63, 3.8) is 0 Å². The van der Waals surface area contributed by atoms with Crippen LogP contribution in [0.15, 0.2) is 42.0 Å². The molecular weight excluding hydrogens is 581 g/mol. The minimum atomic E-state index is -3.07. The van der Waals surface area contributed by atoms with Crippen molar-refractivity contribution >= 4 is 23.4 Å². The van der Waals surface area contributed by atoms with Crippen LogP contribution in [0.25, 0.3) is 0 Å². The zero-order valence-corrected chi connectivity index (χ0v) is 29.7. The van der Waals surface area contributed by atoms with Crippen molar-refractivity contribution in [3.05, 3.63) is 47.5 Å². The quantitative estimate of drug-likeness (QED) is 0.214. The smallest absolute Gasteiger partial charge is 0.336 e. The maximum Gasteiger partial charge on any atom is 0.336 e. The average molecular weight is 633 g/mol. The number of fused-ring (bicyclic) bond motifs is 4. The molecule has 1 unspecified atom stereocenters. The summed E-state index contributed by atoms with van der Waals surface area (Å²) in [6, 6.07) is 10.1. The summed E-state index contributed by atoms with van der Waals surface area (Å²) in [4.78, 5) is 13.2. The second kappa shape index (κ2) is 11.9. The predicted molar refractivity (Wildman–Crippen MR) is 169 cm³/mol. The third-order valence-electron chi connectivity index (χ3n) is 9.95. The van der Waals surface area contributed by atoms with Gasteiger partial charge in [-0.15, -0.1) is 0 Å². The normalized spacial score (nSPS) is 34.5. The van der Waals surface area contributed by atoms with E-state index in [1.165, 1.54) is 0 Å². The van der Waals surface area contributed by atoms with Crippen LogP contribution in [0.4, 0.5) is 0 Å². The highest BCUT2D eigenvalue weighted by atomic mass is 28.5. The highest BCUT2D eigenvalue weighted by Gasteiger charge is 2.70. The van der Waals surface area contributed by atoms with Crippen LogP contribution in [0.3, 0.4) is 0 Å². The van der Waals surface area contributed by atoms with Crippen molar-refractivity contribution in [1.82, 2.24) is 0 Å². The van der Waals surface area contributed by atoms with Crippen LogP contribution in [-0.2, 0) is 43.3 Å². The fourth-order valence-electron chi connectivity index (χ4n) is 7.74. The Kier molecular flexibility index (Phi) is 9.14. The van der Waals surface area contributed by atoms with E-state index in [2.05, 4.69) is 55.4 Å². The molecule has 43 heavy (non-hydrogen) atoms. The predicted octanol–water partition coefficient (Wildman–Crippen LogP) is 6.92. The number of hydrogen-bond acceptors (Lipinski definition) is 8. The first-order valence-electron chi connectivity index (χ1n) is 16.0.